The molecular formula is C13H19NO4. The normalized spacial score (nSPS) is 12.9. The highest BCUT2D eigenvalue weighted by atomic mass is 16.5. The molecule has 1 amide bonds. The average Bonchev–Trinajstić information content (AvgIpc) is 2.72. The lowest BCUT2D eigenvalue weighted by Crippen LogP contribution is -2.35. The molecule has 0 saturated carbocycles. The number of aryl methyl sites for hydroxylation is 1. The Morgan fingerprint density at radius 3 is 2.89 bits per heavy atom. The second-order valence-electron chi connectivity index (χ2n) is 4.11. The number of furan rings is 1. The highest BCUT2D eigenvalue weighted by Crippen LogP contribution is 2.08. The number of hydrogen-bond donors (Lipinski definition) is 1. The topological polar surface area (TPSA) is 62.9 Å². The Morgan fingerprint density at radius 1 is 1.61 bits per heavy atom. The molecule has 1 rings (SSSR count). The number of carbonyl (C=O) groups excluding carboxylic acids is 1. The third kappa shape index (κ3) is 4.73. The van der Waals surface area contributed by atoms with Crippen molar-refractivity contribution < 1.29 is 19.1 Å². The van der Waals surface area contributed by atoms with Gasteiger partial charge in [0.2, 0.25) is 5.91 Å². The quantitative estimate of drug-likeness (QED) is 0.770. The first-order valence-corrected chi connectivity index (χ1v) is 5.69. The van der Waals surface area contributed by atoms with E-state index in [1.165, 1.54) is 18.1 Å². The lowest BCUT2D eigenvalue weighted by molar-refractivity contribution is -0.126. The summed E-state index contributed by atoms with van der Waals surface area (Å²) in [4.78, 5) is 13.1. The summed E-state index contributed by atoms with van der Waals surface area (Å²) in [5.74, 6) is 1.23. The molecule has 1 aromatic rings. The summed E-state index contributed by atoms with van der Waals surface area (Å²) in [7, 11) is 3.13. The zero-order valence-electron chi connectivity index (χ0n) is 10.9. The zero-order valence-corrected chi connectivity index (χ0v) is 10.9. The van der Waals surface area contributed by atoms with E-state index in [0.717, 1.165) is 5.76 Å². The molecule has 0 saturated heterocycles. The van der Waals surface area contributed by atoms with Gasteiger partial charge in [-0.25, -0.2) is 0 Å². The van der Waals surface area contributed by atoms with E-state index in [1.807, 2.05) is 13.0 Å². The second-order valence-corrected chi connectivity index (χ2v) is 4.11. The van der Waals surface area contributed by atoms with Crippen LogP contribution in [0, 0.1) is 6.92 Å². The molecule has 1 unspecified atom stereocenters. The number of ether oxygens (including phenoxy) is 1. The van der Waals surface area contributed by atoms with Crippen LogP contribution in [-0.2, 0) is 9.53 Å². The first kappa shape index (κ1) is 14.5. The van der Waals surface area contributed by atoms with E-state index >= 15 is 0 Å². The van der Waals surface area contributed by atoms with E-state index < -0.39 is 6.10 Å². The first-order chi connectivity index (χ1) is 8.52. The molecule has 5 nitrogen and oxygen atoms in total. The third-order valence-corrected chi connectivity index (χ3v) is 2.37. The molecule has 5 heteroatoms. The smallest absolute Gasteiger partial charge is 0.246 e. The number of aliphatic hydroxyl groups excluding tert-OH is 1. The molecule has 0 bridgehead atoms. The fourth-order valence-corrected chi connectivity index (χ4v) is 1.47. The van der Waals surface area contributed by atoms with Gasteiger partial charge in [-0.15, -0.1) is 0 Å². The van der Waals surface area contributed by atoms with Crippen LogP contribution in [0.3, 0.4) is 0 Å². The number of methoxy groups -OCH3 is 1. The van der Waals surface area contributed by atoms with Crippen molar-refractivity contribution in [3.63, 3.8) is 0 Å². The maximum Gasteiger partial charge on any atom is 0.246 e. The maximum absolute atomic E-state index is 11.7. The summed E-state index contributed by atoms with van der Waals surface area (Å²) in [6.07, 6.45) is 2.34. The standard InChI is InChI=1S/C13H19NO4/c1-10-4-5-12(18-10)6-7-13(16)14(2)8-11(15)9-17-3/h4-7,11,15H,8-9H2,1-3H3/b7-6+. The van der Waals surface area contributed by atoms with E-state index in [0.29, 0.717) is 5.76 Å². The Labute approximate surface area is 107 Å². The molecule has 0 aromatic carbocycles. The molecule has 0 spiro atoms. The Hall–Kier alpha value is -1.59. The molecule has 0 aliphatic rings. The fraction of sp³-hybridized carbons (Fsp3) is 0.462. The highest BCUT2D eigenvalue weighted by molar-refractivity contribution is 5.91. The van der Waals surface area contributed by atoms with Gasteiger partial charge in [0.1, 0.15) is 11.5 Å². The maximum atomic E-state index is 11.7. The van der Waals surface area contributed by atoms with E-state index in [4.69, 9.17) is 9.15 Å². The monoisotopic (exact) mass is 253 g/mol. The fourth-order valence-electron chi connectivity index (χ4n) is 1.47. The van der Waals surface area contributed by atoms with Crippen LogP contribution in [0.1, 0.15) is 11.5 Å². The third-order valence-electron chi connectivity index (χ3n) is 2.37. The van der Waals surface area contributed by atoms with Gasteiger partial charge in [0, 0.05) is 26.8 Å². The lowest BCUT2D eigenvalue weighted by Gasteiger charge is -2.18. The van der Waals surface area contributed by atoms with Crippen molar-refractivity contribution in [3.8, 4) is 0 Å². The Morgan fingerprint density at radius 2 is 2.33 bits per heavy atom. The Bertz CT molecular complexity index is 411. The molecule has 18 heavy (non-hydrogen) atoms. The van der Waals surface area contributed by atoms with Gasteiger partial charge < -0.3 is 19.2 Å². The van der Waals surface area contributed by atoms with Crippen LogP contribution >= 0.6 is 0 Å². The zero-order chi connectivity index (χ0) is 13.5. The van der Waals surface area contributed by atoms with Crippen LogP contribution in [0.25, 0.3) is 6.08 Å². The molecular weight excluding hydrogens is 234 g/mol. The van der Waals surface area contributed by atoms with Gasteiger partial charge in [-0.1, -0.05) is 0 Å². The SMILES string of the molecule is COCC(O)CN(C)C(=O)/C=C/c1ccc(C)o1. The largest absolute Gasteiger partial charge is 0.462 e. The molecule has 1 atom stereocenters. The van der Waals surface area contributed by atoms with E-state index in [-0.39, 0.29) is 19.1 Å². The molecule has 0 aliphatic carbocycles. The van der Waals surface area contributed by atoms with Crippen LogP contribution in [0.15, 0.2) is 22.6 Å². The number of nitrogens with zero attached hydrogens (tertiary/aromatic N) is 1. The Kier molecular flexibility index (Phi) is 5.61. The second kappa shape index (κ2) is 6.98. The van der Waals surface area contributed by atoms with Crippen molar-refractivity contribution >= 4 is 12.0 Å². The van der Waals surface area contributed by atoms with E-state index in [2.05, 4.69) is 0 Å². The van der Waals surface area contributed by atoms with Crippen LogP contribution in [0.2, 0.25) is 0 Å². The minimum absolute atomic E-state index is 0.195. The first-order valence-electron chi connectivity index (χ1n) is 5.69. The Balaban J connectivity index is 2.46. The minimum Gasteiger partial charge on any atom is -0.462 e. The predicted molar refractivity (Wildman–Crippen MR) is 68.0 cm³/mol. The van der Waals surface area contributed by atoms with E-state index in [9.17, 15) is 9.90 Å². The summed E-state index contributed by atoms with van der Waals surface area (Å²) in [5, 5.41) is 9.50. The molecule has 1 aromatic heterocycles. The van der Waals surface area contributed by atoms with Crippen molar-refractivity contribution in [2.24, 2.45) is 0 Å². The number of rotatable bonds is 6. The average molecular weight is 253 g/mol. The van der Waals surface area contributed by atoms with Crippen molar-refractivity contribution in [1.29, 1.82) is 0 Å². The molecule has 100 valence electrons. The molecule has 0 aliphatic heterocycles. The molecule has 0 radical (unpaired) electrons. The summed E-state index contributed by atoms with van der Waals surface area (Å²) in [5.41, 5.74) is 0. The molecule has 1 N–H and O–H groups in total. The number of hydrogen-bond acceptors (Lipinski definition) is 4. The van der Waals surface area contributed by atoms with Gasteiger partial charge in [0.15, 0.2) is 0 Å². The minimum atomic E-state index is -0.678. The number of carbonyl (C=O) groups is 1. The van der Waals surface area contributed by atoms with E-state index in [1.54, 1.807) is 19.2 Å². The van der Waals surface area contributed by atoms with Gasteiger partial charge in [0.05, 0.1) is 12.7 Å². The van der Waals surface area contributed by atoms with Crippen LogP contribution in [0.5, 0.6) is 0 Å². The van der Waals surface area contributed by atoms with Gasteiger partial charge in [0.25, 0.3) is 0 Å². The number of aliphatic hydroxyl groups is 1. The highest BCUT2D eigenvalue weighted by Gasteiger charge is 2.11. The van der Waals surface area contributed by atoms with Gasteiger partial charge in [-0.05, 0) is 25.1 Å². The van der Waals surface area contributed by atoms with Crippen molar-refractivity contribution in [2.45, 2.75) is 13.0 Å². The molecule has 0 fully saturated rings. The summed E-state index contributed by atoms with van der Waals surface area (Å²) < 4.78 is 10.1. The van der Waals surface area contributed by atoms with Crippen molar-refractivity contribution in [2.75, 3.05) is 27.3 Å². The summed E-state index contributed by atoms with van der Waals surface area (Å²) >= 11 is 0. The number of amides is 1. The lowest BCUT2D eigenvalue weighted by atomic mass is 10.3. The van der Waals surface area contributed by atoms with Crippen LogP contribution in [-0.4, -0.2) is 49.3 Å². The molecule has 1 heterocycles. The predicted octanol–water partition coefficient (Wildman–Crippen LogP) is 1.07. The van der Waals surface area contributed by atoms with Crippen LogP contribution in [0.4, 0.5) is 0 Å². The van der Waals surface area contributed by atoms with Gasteiger partial charge in [-0.3, -0.25) is 4.79 Å². The van der Waals surface area contributed by atoms with Gasteiger partial charge in [-0.2, -0.15) is 0 Å². The summed E-state index contributed by atoms with van der Waals surface area (Å²) in [6, 6.07) is 3.62. The van der Waals surface area contributed by atoms with Gasteiger partial charge >= 0.3 is 0 Å². The van der Waals surface area contributed by atoms with Crippen molar-refractivity contribution in [3.05, 3.63) is 29.7 Å². The van der Waals surface area contributed by atoms with Crippen molar-refractivity contribution in [1.82, 2.24) is 4.90 Å². The summed E-state index contributed by atoms with van der Waals surface area (Å²) in [6.45, 7) is 2.28. The number of likely N-dealkylation sites (N-methyl/N-ethyl adjacent to an activating group) is 1. The van der Waals surface area contributed by atoms with Crippen LogP contribution < -0.4 is 0 Å².